The Labute approximate surface area is 110 Å². The normalized spacial score (nSPS) is 13.4. The average Bonchev–Trinajstić information content (AvgIpc) is 2.37. The van der Waals surface area contributed by atoms with E-state index in [2.05, 4.69) is 5.32 Å². The van der Waals surface area contributed by atoms with Gasteiger partial charge < -0.3 is 15.2 Å². The molecule has 0 radical (unpaired) electrons. The number of carboxylic acids is 1. The number of carboxylic acid groups (broad SMARTS) is 1. The van der Waals surface area contributed by atoms with Crippen LogP contribution in [0.1, 0.15) is 20.3 Å². The van der Waals surface area contributed by atoms with Gasteiger partial charge in [-0.05, 0) is 37.6 Å². The van der Waals surface area contributed by atoms with Gasteiger partial charge in [-0.25, -0.2) is 9.18 Å². The van der Waals surface area contributed by atoms with Crippen molar-refractivity contribution in [3.8, 4) is 5.75 Å². The molecule has 0 fully saturated rings. The van der Waals surface area contributed by atoms with Crippen LogP contribution in [0.2, 0.25) is 0 Å². The number of amides is 1. The Hall–Kier alpha value is -2.11. The lowest BCUT2D eigenvalue weighted by Gasteiger charge is -2.17. The summed E-state index contributed by atoms with van der Waals surface area (Å²) in [7, 11) is 0. The molecule has 0 aromatic heterocycles. The summed E-state index contributed by atoms with van der Waals surface area (Å²) < 4.78 is 18.0. The molecule has 0 spiro atoms. The third-order valence-electron chi connectivity index (χ3n) is 2.52. The number of hydrogen-bond acceptors (Lipinski definition) is 3. The topological polar surface area (TPSA) is 75.6 Å². The molecule has 1 aromatic rings. The number of ether oxygens (including phenoxy) is 1. The number of carbonyl (C=O) groups excluding carboxylic acids is 1. The summed E-state index contributed by atoms with van der Waals surface area (Å²) in [6, 6.07) is 4.28. The first-order valence-corrected chi connectivity index (χ1v) is 5.89. The monoisotopic (exact) mass is 269 g/mol. The predicted octanol–water partition coefficient (Wildman–Crippen LogP) is 1.57. The third kappa shape index (κ3) is 4.57. The first-order valence-electron chi connectivity index (χ1n) is 5.89. The molecular formula is C13H16FNO4. The molecule has 2 atom stereocenters. The van der Waals surface area contributed by atoms with Crippen LogP contribution in [-0.4, -0.2) is 29.1 Å². The van der Waals surface area contributed by atoms with Gasteiger partial charge >= 0.3 is 5.97 Å². The van der Waals surface area contributed by atoms with Crippen LogP contribution in [0, 0.1) is 5.82 Å². The number of hydrogen-bond donors (Lipinski definition) is 2. The van der Waals surface area contributed by atoms with Crippen LogP contribution in [0.15, 0.2) is 24.3 Å². The van der Waals surface area contributed by atoms with Crippen molar-refractivity contribution in [2.75, 3.05) is 0 Å². The van der Waals surface area contributed by atoms with Crippen molar-refractivity contribution in [1.29, 1.82) is 0 Å². The second kappa shape index (κ2) is 6.72. The molecular weight excluding hydrogens is 253 g/mol. The quantitative estimate of drug-likeness (QED) is 0.822. The summed E-state index contributed by atoms with van der Waals surface area (Å²) >= 11 is 0. The van der Waals surface area contributed by atoms with Crippen molar-refractivity contribution in [2.24, 2.45) is 0 Å². The minimum atomic E-state index is -1.09. The first kappa shape index (κ1) is 14.9. The Morgan fingerprint density at radius 1 is 1.37 bits per heavy atom. The molecule has 0 heterocycles. The zero-order valence-electron chi connectivity index (χ0n) is 10.7. The highest BCUT2D eigenvalue weighted by Crippen LogP contribution is 2.13. The lowest BCUT2D eigenvalue weighted by molar-refractivity contribution is -0.143. The molecule has 0 aliphatic heterocycles. The summed E-state index contributed by atoms with van der Waals surface area (Å²) in [5.74, 6) is -1.68. The number of benzene rings is 1. The van der Waals surface area contributed by atoms with Gasteiger partial charge in [-0.3, -0.25) is 4.79 Å². The molecule has 19 heavy (non-hydrogen) atoms. The van der Waals surface area contributed by atoms with Gasteiger partial charge in [0.25, 0.3) is 5.91 Å². The van der Waals surface area contributed by atoms with Crippen LogP contribution in [0.5, 0.6) is 5.75 Å². The fourth-order valence-corrected chi connectivity index (χ4v) is 1.40. The molecule has 104 valence electrons. The summed E-state index contributed by atoms with van der Waals surface area (Å²) in [5.41, 5.74) is 0. The highest BCUT2D eigenvalue weighted by Gasteiger charge is 2.22. The second-order valence-corrected chi connectivity index (χ2v) is 4.02. The summed E-state index contributed by atoms with van der Waals surface area (Å²) in [6.45, 7) is 3.15. The zero-order chi connectivity index (χ0) is 14.4. The summed E-state index contributed by atoms with van der Waals surface area (Å²) in [6.07, 6.45) is -0.580. The van der Waals surface area contributed by atoms with E-state index in [-0.39, 0.29) is 6.42 Å². The second-order valence-electron chi connectivity index (χ2n) is 4.02. The van der Waals surface area contributed by atoms with E-state index in [0.717, 1.165) is 0 Å². The highest BCUT2D eigenvalue weighted by molar-refractivity contribution is 5.86. The molecule has 5 nitrogen and oxygen atoms in total. The molecule has 1 amide bonds. The fraction of sp³-hybridized carbons (Fsp3) is 0.385. The van der Waals surface area contributed by atoms with Gasteiger partial charge in [-0.15, -0.1) is 0 Å². The van der Waals surface area contributed by atoms with Gasteiger partial charge in [0.1, 0.15) is 17.6 Å². The van der Waals surface area contributed by atoms with Crippen molar-refractivity contribution in [1.82, 2.24) is 5.32 Å². The molecule has 0 aliphatic carbocycles. The Balaban J connectivity index is 2.57. The lowest BCUT2D eigenvalue weighted by atomic mass is 10.2. The van der Waals surface area contributed by atoms with Gasteiger partial charge in [0, 0.05) is 0 Å². The van der Waals surface area contributed by atoms with Gasteiger partial charge in [-0.1, -0.05) is 6.92 Å². The molecule has 0 saturated heterocycles. The van der Waals surface area contributed by atoms with E-state index in [1.54, 1.807) is 6.92 Å². The van der Waals surface area contributed by atoms with Crippen molar-refractivity contribution in [3.05, 3.63) is 30.1 Å². The maximum atomic E-state index is 12.7. The molecule has 0 bridgehead atoms. The van der Waals surface area contributed by atoms with Crippen LogP contribution in [0.4, 0.5) is 4.39 Å². The maximum Gasteiger partial charge on any atom is 0.326 e. The van der Waals surface area contributed by atoms with Crippen LogP contribution >= 0.6 is 0 Å². The van der Waals surface area contributed by atoms with Crippen molar-refractivity contribution >= 4 is 11.9 Å². The fourth-order valence-electron chi connectivity index (χ4n) is 1.40. The highest BCUT2D eigenvalue weighted by atomic mass is 19.1. The molecule has 6 heteroatoms. The van der Waals surface area contributed by atoms with Crippen LogP contribution < -0.4 is 10.1 Å². The summed E-state index contributed by atoms with van der Waals surface area (Å²) in [4.78, 5) is 22.5. The number of halogens is 1. The van der Waals surface area contributed by atoms with Crippen molar-refractivity contribution in [2.45, 2.75) is 32.4 Å². The van der Waals surface area contributed by atoms with Gasteiger partial charge in [0.2, 0.25) is 0 Å². The maximum absolute atomic E-state index is 12.7. The van der Waals surface area contributed by atoms with E-state index >= 15 is 0 Å². The van der Waals surface area contributed by atoms with E-state index in [0.29, 0.717) is 5.75 Å². The summed E-state index contributed by atoms with van der Waals surface area (Å²) in [5, 5.41) is 11.2. The lowest BCUT2D eigenvalue weighted by Crippen LogP contribution is -2.45. The Bertz CT molecular complexity index is 446. The zero-order valence-corrected chi connectivity index (χ0v) is 10.7. The number of carbonyl (C=O) groups is 2. The molecule has 0 aliphatic rings. The van der Waals surface area contributed by atoms with E-state index < -0.39 is 29.8 Å². The molecule has 1 rings (SSSR count). The first-order chi connectivity index (χ1) is 8.93. The third-order valence-corrected chi connectivity index (χ3v) is 2.52. The number of aliphatic carboxylic acids is 1. The molecule has 2 N–H and O–H groups in total. The Morgan fingerprint density at radius 2 is 1.95 bits per heavy atom. The predicted molar refractivity (Wildman–Crippen MR) is 66.3 cm³/mol. The Morgan fingerprint density at radius 3 is 2.42 bits per heavy atom. The van der Waals surface area contributed by atoms with Gasteiger partial charge in [-0.2, -0.15) is 0 Å². The number of rotatable bonds is 6. The molecule has 1 aromatic carbocycles. The van der Waals surface area contributed by atoms with E-state index in [4.69, 9.17) is 9.84 Å². The van der Waals surface area contributed by atoms with Crippen LogP contribution in [0.3, 0.4) is 0 Å². The molecule has 1 unspecified atom stereocenters. The van der Waals surface area contributed by atoms with E-state index in [1.165, 1.54) is 31.2 Å². The standard InChI is InChI=1S/C13H16FNO4/c1-3-11(13(17)18)15-12(16)8(2)19-10-6-4-9(14)5-7-10/h4-8,11H,3H2,1-2H3,(H,15,16)(H,17,18)/t8?,11-/m1/s1. The van der Waals surface area contributed by atoms with E-state index in [9.17, 15) is 14.0 Å². The largest absolute Gasteiger partial charge is 0.481 e. The smallest absolute Gasteiger partial charge is 0.326 e. The SMILES string of the molecule is CC[C@@H](NC(=O)C(C)Oc1ccc(F)cc1)C(=O)O. The van der Waals surface area contributed by atoms with Crippen molar-refractivity contribution in [3.63, 3.8) is 0 Å². The minimum Gasteiger partial charge on any atom is -0.481 e. The van der Waals surface area contributed by atoms with E-state index in [1.807, 2.05) is 0 Å². The van der Waals surface area contributed by atoms with Crippen molar-refractivity contribution < 1.29 is 23.8 Å². The molecule has 0 saturated carbocycles. The average molecular weight is 269 g/mol. The minimum absolute atomic E-state index is 0.282. The number of nitrogens with one attached hydrogen (secondary N) is 1. The van der Waals surface area contributed by atoms with Gasteiger partial charge in [0.15, 0.2) is 6.10 Å². The van der Waals surface area contributed by atoms with Gasteiger partial charge in [0.05, 0.1) is 0 Å². The van der Waals surface area contributed by atoms with Crippen LogP contribution in [-0.2, 0) is 9.59 Å². The Kier molecular flexibility index (Phi) is 5.29. The van der Waals surface area contributed by atoms with Crippen LogP contribution in [0.25, 0.3) is 0 Å².